The summed E-state index contributed by atoms with van der Waals surface area (Å²) in [5.74, 6) is 1.87. The second-order valence-corrected chi connectivity index (χ2v) is 6.92. The zero-order chi connectivity index (χ0) is 15.0. The molecular formula is C16H24N4O2. The van der Waals surface area contributed by atoms with Crippen molar-refractivity contribution in [1.29, 1.82) is 0 Å². The number of aromatic nitrogens is 1. The van der Waals surface area contributed by atoms with Gasteiger partial charge in [0.15, 0.2) is 5.89 Å². The number of fused-ring (bicyclic) bond motifs is 1. The van der Waals surface area contributed by atoms with Crippen molar-refractivity contribution < 1.29 is 9.21 Å². The Kier molecular flexibility index (Phi) is 3.66. The van der Waals surface area contributed by atoms with Gasteiger partial charge in [-0.05, 0) is 44.7 Å². The number of amides is 1. The highest BCUT2D eigenvalue weighted by molar-refractivity contribution is 5.91. The van der Waals surface area contributed by atoms with E-state index in [0.29, 0.717) is 17.6 Å². The van der Waals surface area contributed by atoms with Crippen LogP contribution in [0.2, 0.25) is 0 Å². The largest absolute Gasteiger partial charge is 0.435 e. The van der Waals surface area contributed by atoms with Crippen LogP contribution in [-0.2, 0) is 0 Å². The zero-order valence-corrected chi connectivity index (χ0v) is 12.9. The van der Waals surface area contributed by atoms with E-state index in [-0.39, 0.29) is 11.4 Å². The van der Waals surface area contributed by atoms with E-state index in [0.717, 1.165) is 51.3 Å². The molecule has 0 spiro atoms. The molecule has 0 bridgehead atoms. The highest BCUT2D eigenvalue weighted by atomic mass is 16.4. The van der Waals surface area contributed by atoms with Gasteiger partial charge in [0.25, 0.3) is 5.91 Å². The molecule has 2 saturated heterocycles. The monoisotopic (exact) mass is 304 g/mol. The minimum absolute atomic E-state index is 0.0706. The van der Waals surface area contributed by atoms with E-state index in [9.17, 15) is 4.79 Å². The van der Waals surface area contributed by atoms with E-state index in [4.69, 9.17) is 4.42 Å². The molecule has 0 radical (unpaired) electrons. The van der Waals surface area contributed by atoms with Crippen LogP contribution in [0.4, 0.5) is 0 Å². The van der Waals surface area contributed by atoms with E-state index < -0.39 is 0 Å². The number of carbonyl (C=O) groups is 1. The van der Waals surface area contributed by atoms with Crippen molar-refractivity contribution in [2.45, 2.75) is 43.6 Å². The Hall–Kier alpha value is -1.40. The molecule has 6 nitrogen and oxygen atoms in total. The molecular weight excluding hydrogens is 280 g/mol. The minimum atomic E-state index is -0.108. The average molecular weight is 304 g/mol. The molecule has 1 aliphatic carbocycles. The van der Waals surface area contributed by atoms with Crippen LogP contribution in [0.5, 0.6) is 0 Å². The maximum atomic E-state index is 12.5. The summed E-state index contributed by atoms with van der Waals surface area (Å²) in [5.41, 5.74) is -0.0706. The summed E-state index contributed by atoms with van der Waals surface area (Å²) in [5, 5.41) is 9.98. The Balaban J connectivity index is 1.45. The first-order valence-electron chi connectivity index (χ1n) is 8.46. The Morgan fingerprint density at radius 2 is 2.18 bits per heavy atom. The minimum Gasteiger partial charge on any atom is -0.435 e. The first-order chi connectivity index (χ1) is 10.8. The van der Waals surface area contributed by atoms with Crippen molar-refractivity contribution >= 4 is 5.91 Å². The molecule has 3 N–H and O–H groups in total. The molecule has 0 aromatic carbocycles. The zero-order valence-electron chi connectivity index (χ0n) is 12.9. The number of nitrogens with zero attached hydrogens (tertiary/aromatic N) is 1. The molecule has 22 heavy (non-hydrogen) atoms. The van der Waals surface area contributed by atoms with Crippen LogP contribution >= 0.6 is 0 Å². The first kappa shape index (κ1) is 14.2. The van der Waals surface area contributed by atoms with Gasteiger partial charge in [-0.3, -0.25) is 4.79 Å². The van der Waals surface area contributed by atoms with Crippen LogP contribution < -0.4 is 16.0 Å². The third-order valence-electron chi connectivity index (χ3n) is 5.59. The van der Waals surface area contributed by atoms with Crippen LogP contribution in [0, 0.1) is 5.92 Å². The van der Waals surface area contributed by atoms with E-state index in [1.165, 1.54) is 12.8 Å². The number of oxazole rings is 1. The molecule has 1 amide bonds. The van der Waals surface area contributed by atoms with Crippen molar-refractivity contribution in [3.63, 3.8) is 0 Å². The number of hydrogen-bond acceptors (Lipinski definition) is 5. The van der Waals surface area contributed by atoms with Crippen molar-refractivity contribution in [3.8, 4) is 0 Å². The second kappa shape index (κ2) is 5.66. The molecule has 120 valence electrons. The van der Waals surface area contributed by atoms with E-state index >= 15 is 0 Å². The summed E-state index contributed by atoms with van der Waals surface area (Å²) in [6.45, 7) is 3.87. The lowest BCUT2D eigenvalue weighted by Gasteiger charge is -2.29. The Morgan fingerprint density at radius 1 is 1.32 bits per heavy atom. The maximum absolute atomic E-state index is 12.5. The van der Waals surface area contributed by atoms with Crippen LogP contribution in [0.1, 0.15) is 54.5 Å². The summed E-state index contributed by atoms with van der Waals surface area (Å²) < 4.78 is 5.77. The van der Waals surface area contributed by atoms with Crippen molar-refractivity contribution in [3.05, 3.63) is 17.8 Å². The standard InChI is InChI=1S/C16H24N4O2/c21-14(20-16-5-1-2-12(16)8-18-10-16)13-9-19-15(22-13)11-3-6-17-7-4-11/h9,11-12,17-18H,1-8,10H2,(H,20,21)/t12-,16-/m0/s1. The smallest absolute Gasteiger partial charge is 0.289 e. The fraction of sp³-hybridized carbons (Fsp3) is 0.750. The van der Waals surface area contributed by atoms with Gasteiger partial charge >= 0.3 is 0 Å². The number of rotatable bonds is 3. The lowest BCUT2D eigenvalue weighted by atomic mass is 9.90. The third-order valence-corrected chi connectivity index (χ3v) is 5.59. The topological polar surface area (TPSA) is 79.2 Å². The van der Waals surface area contributed by atoms with Gasteiger partial charge in [-0.2, -0.15) is 0 Å². The van der Waals surface area contributed by atoms with Gasteiger partial charge in [-0.1, -0.05) is 6.42 Å². The van der Waals surface area contributed by atoms with Crippen molar-refractivity contribution in [2.75, 3.05) is 26.2 Å². The predicted octanol–water partition coefficient (Wildman–Crippen LogP) is 1.01. The van der Waals surface area contributed by atoms with Gasteiger partial charge in [0.2, 0.25) is 5.76 Å². The molecule has 1 aromatic rings. The van der Waals surface area contributed by atoms with E-state index in [2.05, 4.69) is 20.9 Å². The van der Waals surface area contributed by atoms with Crippen molar-refractivity contribution in [2.24, 2.45) is 5.92 Å². The van der Waals surface area contributed by atoms with Gasteiger partial charge in [0.05, 0.1) is 11.7 Å². The van der Waals surface area contributed by atoms with Crippen LogP contribution in [0.3, 0.4) is 0 Å². The van der Waals surface area contributed by atoms with Gasteiger partial charge < -0.3 is 20.4 Å². The average Bonchev–Trinajstić information content (AvgIpc) is 3.22. The molecule has 1 aromatic heterocycles. The predicted molar refractivity (Wildman–Crippen MR) is 81.8 cm³/mol. The van der Waals surface area contributed by atoms with E-state index in [1.807, 2.05) is 0 Å². The number of piperidine rings is 1. The van der Waals surface area contributed by atoms with Gasteiger partial charge in [0, 0.05) is 19.0 Å². The SMILES string of the molecule is O=C(N[C@]12CCC[C@H]1CNC2)c1cnc(C2CCNCC2)o1. The van der Waals surface area contributed by atoms with Crippen LogP contribution in [-0.4, -0.2) is 42.6 Å². The summed E-state index contributed by atoms with van der Waals surface area (Å²) >= 11 is 0. The highest BCUT2D eigenvalue weighted by Crippen LogP contribution is 2.38. The van der Waals surface area contributed by atoms with Crippen LogP contribution in [0.15, 0.2) is 10.6 Å². The summed E-state index contributed by atoms with van der Waals surface area (Å²) in [6.07, 6.45) is 7.10. The normalized spacial score (nSPS) is 32.1. The molecule has 4 rings (SSSR count). The summed E-state index contributed by atoms with van der Waals surface area (Å²) in [4.78, 5) is 16.9. The lowest BCUT2D eigenvalue weighted by molar-refractivity contribution is 0.0862. The third kappa shape index (κ3) is 2.44. The second-order valence-electron chi connectivity index (χ2n) is 6.92. The summed E-state index contributed by atoms with van der Waals surface area (Å²) in [6, 6.07) is 0. The molecule has 6 heteroatoms. The molecule has 2 aliphatic heterocycles. The van der Waals surface area contributed by atoms with Gasteiger partial charge in [0.1, 0.15) is 0 Å². The fourth-order valence-electron chi connectivity index (χ4n) is 4.29. The number of carbonyl (C=O) groups excluding carboxylic acids is 1. The Bertz CT molecular complexity index is 540. The van der Waals surface area contributed by atoms with Crippen LogP contribution in [0.25, 0.3) is 0 Å². The highest BCUT2D eigenvalue weighted by Gasteiger charge is 2.47. The van der Waals surface area contributed by atoms with Gasteiger partial charge in [-0.25, -0.2) is 4.98 Å². The molecule has 3 heterocycles. The molecule has 0 unspecified atom stereocenters. The first-order valence-corrected chi connectivity index (χ1v) is 8.46. The van der Waals surface area contributed by atoms with Gasteiger partial charge in [-0.15, -0.1) is 0 Å². The Morgan fingerprint density at radius 3 is 3.05 bits per heavy atom. The Labute approximate surface area is 130 Å². The molecule has 3 fully saturated rings. The quantitative estimate of drug-likeness (QED) is 0.777. The van der Waals surface area contributed by atoms with Crippen molar-refractivity contribution in [1.82, 2.24) is 20.9 Å². The van der Waals surface area contributed by atoms with E-state index in [1.54, 1.807) is 6.20 Å². The molecule has 3 aliphatic rings. The maximum Gasteiger partial charge on any atom is 0.289 e. The lowest BCUT2D eigenvalue weighted by Crippen LogP contribution is -2.51. The number of nitrogens with one attached hydrogen (secondary N) is 3. The molecule has 1 saturated carbocycles. The fourth-order valence-corrected chi connectivity index (χ4v) is 4.29. The molecule has 2 atom stereocenters. The summed E-state index contributed by atoms with van der Waals surface area (Å²) in [7, 11) is 0. The number of hydrogen-bond donors (Lipinski definition) is 3.